The van der Waals surface area contributed by atoms with Crippen molar-refractivity contribution >= 4 is 22.9 Å². The van der Waals surface area contributed by atoms with Crippen LogP contribution in [0.15, 0.2) is 70.7 Å². The maximum absolute atomic E-state index is 11.1. The topological polar surface area (TPSA) is 62.5 Å². The van der Waals surface area contributed by atoms with Gasteiger partial charge in [-0.15, -0.1) is 0 Å². The molecule has 0 saturated heterocycles. The number of furan rings is 1. The highest BCUT2D eigenvalue weighted by molar-refractivity contribution is 6.03. The van der Waals surface area contributed by atoms with Crippen molar-refractivity contribution in [2.45, 2.75) is 13.8 Å². The number of allylic oxidation sites excluding steroid dienone is 5. The lowest BCUT2D eigenvalue weighted by molar-refractivity contribution is -0.462. The number of nitro groups is 1. The maximum Gasteiger partial charge on any atom is 0.433 e. The lowest BCUT2D eigenvalue weighted by Gasteiger charge is -2.21. The van der Waals surface area contributed by atoms with Gasteiger partial charge in [0.05, 0.1) is 6.07 Å². The third kappa shape index (κ3) is 4.37. The number of benzene rings is 1. The molecule has 0 amide bonds. The van der Waals surface area contributed by atoms with Crippen molar-refractivity contribution < 1.29 is 13.9 Å². The average molecular weight is 392 g/mol. The fraction of sp³-hybridized carbons (Fsp3) is 0.261. The van der Waals surface area contributed by atoms with Crippen LogP contribution in [0.4, 0.5) is 11.6 Å². The summed E-state index contributed by atoms with van der Waals surface area (Å²) in [7, 11) is 3.98. The van der Waals surface area contributed by atoms with Crippen LogP contribution in [0.3, 0.4) is 0 Å². The minimum absolute atomic E-state index is 0.262. The van der Waals surface area contributed by atoms with E-state index < -0.39 is 4.92 Å². The van der Waals surface area contributed by atoms with Gasteiger partial charge in [-0.2, -0.15) is 0 Å². The number of nitrogens with zero attached hydrogens (tertiary/aromatic N) is 3. The van der Waals surface area contributed by atoms with Gasteiger partial charge in [0.2, 0.25) is 0 Å². The summed E-state index contributed by atoms with van der Waals surface area (Å²) in [6.07, 6.45) is 8.07. The predicted octanol–water partition coefficient (Wildman–Crippen LogP) is 4.68. The van der Waals surface area contributed by atoms with Crippen LogP contribution in [0.1, 0.15) is 25.2 Å². The normalized spacial score (nSPS) is 13.0. The largest absolute Gasteiger partial charge is 0.433 e. The van der Waals surface area contributed by atoms with Gasteiger partial charge in [-0.05, 0) is 55.3 Å². The summed E-state index contributed by atoms with van der Waals surface area (Å²) < 4.78 is 7.58. The molecule has 0 unspecified atom stereocenters. The zero-order valence-corrected chi connectivity index (χ0v) is 17.3. The molecule has 0 N–H and O–H groups in total. The second-order valence-corrected chi connectivity index (χ2v) is 6.93. The van der Waals surface area contributed by atoms with Crippen LogP contribution in [-0.2, 0) is 0 Å². The van der Waals surface area contributed by atoms with Crippen molar-refractivity contribution in [1.29, 1.82) is 0 Å². The van der Waals surface area contributed by atoms with E-state index in [-0.39, 0.29) is 5.88 Å². The zero-order valence-electron chi connectivity index (χ0n) is 17.3. The van der Waals surface area contributed by atoms with E-state index in [1.807, 2.05) is 55.1 Å². The Balaban J connectivity index is 2.10. The summed E-state index contributed by atoms with van der Waals surface area (Å²) in [5, 5.41) is 11.1. The number of hydrogen-bond donors (Lipinski definition) is 0. The molecule has 150 valence electrons. The second-order valence-electron chi connectivity index (χ2n) is 6.93. The average Bonchev–Trinajstić information content (AvgIpc) is 3.21. The van der Waals surface area contributed by atoms with Crippen LogP contribution >= 0.6 is 0 Å². The minimum atomic E-state index is -0.514. The lowest BCUT2D eigenvalue weighted by atomic mass is 9.94. The summed E-state index contributed by atoms with van der Waals surface area (Å²) in [6, 6.07) is 11.3. The molecule has 0 bridgehead atoms. The maximum atomic E-state index is 11.1. The SMILES string of the molecule is CCN(CC)c1ccc(C(=C2C=CC(=[N+](C)C)C=C2)c2ccc([N+](=O)[O-])o2)cc1. The van der Waals surface area contributed by atoms with Crippen molar-refractivity contribution in [3.8, 4) is 0 Å². The van der Waals surface area contributed by atoms with E-state index in [4.69, 9.17) is 4.42 Å². The Morgan fingerprint density at radius 1 is 0.966 bits per heavy atom. The summed E-state index contributed by atoms with van der Waals surface area (Å²) >= 11 is 0. The van der Waals surface area contributed by atoms with Crippen molar-refractivity contribution in [2.75, 3.05) is 32.1 Å². The van der Waals surface area contributed by atoms with Gasteiger partial charge < -0.3 is 9.32 Å². The minimum Gasteiger partial charge on any atom is -0.401 e. The molecule has 0 radical (unpaired) electrons. The molecular formula is C23H26N3O3+. The molecule has 0 atom stereocenters. The molecule has 6 nitrogen and oxygen atoms in total. The van der Waals surface area contributed by atoms with Gasteiger partial charge in [0.25, 0.3) is 0 Å². The predicted molar refractivity (Wildman–Crippen MR) is 117 cm³/mol. The molecular weight excluding hydrogens is 366 g/mol. The highest BCUT2D eigenvalue weighted by Crippen LogP contribution is 2.33. The fourth-order valence-electron chi connectivity index (χ4n) is 3.37. The van der Waals surface area contributed by atoms with Crippen LogP contribution in [0.25, 0.3) is 5.57 Å². The molecule has 1 aromatic heterocycles. The third-order valence-corrected chi connectivity index (χ3v) is 4.98. The van der Waals surface area contributed by atoms with Gasteiger partial charge in [0.1, 0.15) is 24.8 Å². The Morgan fingerprint density at radius 3 is 2.07 bits per heavy atom. The first-order valence-corrected chi connectivity index (χ1v) is 9.69. The Kier molecular flexibility index (Phi) is 6.12. The first kappa shape index (κ1) is 20.3. The monoisotopic (exact) mass is 392 g/mol. The summed E-state index contributed by atoms with van der Waals surface area (Å²) in [5.41, 5.74) is 4.94. The molecule has 0 spiro atoms. The van der Waals surface area contributed by atoms with Crippen LogP contribution in [0.2, 0.25) is 0 Å². The highest BCUT2D eigenvalue weighted by Gasteiger charge is 2.19. The molecule has 1 aliphatic rings. The molecule has 29 heavy (non-hydrogen) atoms. The Morgan fingerprint density at radius 2 is 1.59 bits per heavy atom. The number of anilines is 1. The summed E-state index contributed by atoms with van der Waals surface area (Å²) in [6.45, 7) is 6.12. The van der Waals surface area contributed by atoms with Crippen LogP contribution in [0.5, 0.6) is 0 Å². The Hall–Kier alpha value is -3.41. The standard InChI is InChI=1S/C23H26N3O3/c1-5-25(6-2)20-13-9-18(10-14-20)23(21-15-16-22(29-21)26(27)28)17-7-11-19(12-8-17)24(3)4/h7-16H,5-6H2,1-4H3/q+1. The molecule has 1 heterocycles. The van der Waals surface area contributed by atoms with Gasteiger partial charge in [0, 0.05) is 36.5 Å². The molecule has 0 aliphatic heterocycles. The summed E-state index contributed by atoms with van der Waals surface area (Å²) in [5.74, 6) is 0.215. The fourth-order valence-corrected chi connectivity index (χ4v) is 3.37. The van der Waals surface area contributed by atoms with E-state index >= 15 is 0 Å². The molecule has 0 saturated carbocycles. The van der Waals surface area contributed by atoms with Crippen molar-refractivity contribution in [1.82, 2.24) is 0 Å². The van der Waals surface area contributed by atoms with Crippen LogP contribution < -0.4 is 4.90 Å². The quantitative estimate of drug-likeness (QED) is 0.407. The van der Waals surface area contributed by atoms with Gasteiger partial charge in [-0.1, -0.05) is 12.1 Å². The van der Waals surface area contributed by atoms with Gasteiger partial charge >= 0.3 is 5.88 Å². The summed E-state index contributed by atoms with van der Waals surface area (Å²) in [4.78, 5) is 12.9. The molecule has 2 aromatic rings. The van der Waals surface area contributed by atoms with E-state index in [0.717, 1.165) is 41.2 Å². The van der Waals surface area contributed by atoms with Crippen LogP contribution in [-0.4, -0.2) is 42.4 Å². The third-order valence-electron chi connectivity index (χ3n) is 4.98. The van der Waals surface area contributed by atoms with Crippen LogP contribution in [0, 0.1) is 10.1 Å². The van der Waals surface area contributed by atoms with Gasteiger partial charge in [0.15, 0.2) is 5.71 Å². The van der Waals surface area contributed by atoms with E-state index in [9.17, 15) is 10.1 Å². The van der Waals surface area contributed by atoms with E-state index in [0.29, 0.717) is 5.76 Å². The molecule has 1 aliphatic carbocycles. The molecule has 0 fully saturated rings. The van der Waals surface area contributed by atoms with E-state index in [2.05, 4.69) is 30.9 Å². The molecule has 6 heteroatoms. The lowest BCUT2D eigenvalue weighted by Crippen LogP contribution is -2.21. The zero-order chi connectivity index (χ0) is 21.0. The van der Waals surface area contributed by atoms with Gasteiger partial charge in [-0.25, -0.2) is 4.58 Å². The highest BCUT2D eigenvalue weighted by atomic mass is 16.6. The van der Waals surface area contributed by atoms with Gasteiger partial charge in [-0.3, -0.25) is 10.1 Å². The Labute approximate surface area is 170 Å². The number of hydrogen-bond acceptors (Lipinski definition) is 4. The smallest absolute Gasteiger partial charge is 0.401 e. The van der Waals surface area contributed by atoms with E-state index in [1.165, 1.54) is 6.07 Å². The van der Waals surface area contributed by atoms with Crippen molar-refractivity contribution in [3.05, 3.63) is 87.7 Å². The first-order valence-electron chi connectivity index (χ1n) is 9.69. The van der Waals surface area contributed by atoms with Crippen molar-refractivity contribution in [3.63, 3.8) is 0 Å². The second kappa shape index (κ2) is 8.73. The van der Waals surface area contributed by atoms with E-state index in [1.54, 1.807) is 6.07 Å². The molecule has 3 rings (SSSR count). The van der Waals surface area contributed by atoms with Crippen molar-refractivity contribution in [2.24, 2.45) is 0 Å². The molecule has 1 aromatic carbocycles. The first-order chi connectivity index (χ1) is 13.9. The number of rotatable bonds is 6. The Bertz CT molecular complexity index is 998.